The normalized spacial score (nSPS) is 11.3. The Labute approximate surface area is 180 Å². The molecule has 1 unspecified atom stereocenters. The fourth-order valence-corrected chi connectivity index (χ4v) is 2.59. The molecule has 0 aromatic heterocycles. The zero-order valence-corrected chi connectivity index (χ0v) is 17.6. The second-order valence-electron chi connectivity index (χ2n) is 6.86. The van der Waals surface area contributed by atoms with E-state index >= 15 is 0 Å². The lowest BCUT2D eigenvalue weighted by atomic mass is 10.1. The largest absolute Gasteiger partial charge is 0.494 e. The number of amides is 2. The zero-order chi connectivity index (χ0) is 22.8. The lowest BCUT2D eigenvalue weighted by Crippen LogP contribution is -2.30. The van der Waals surface area contributed by atoms with Crippen molar-refractivity contribution in [1.82, 2.24) is 0 Å². The summed E-state index contributed by atoms with van der Waals surface area (Å²) >= 11 is 0. The molecule has 3 N–H and O–H groups in total. The van der Waals surface area contributed by atoms with Crippen LogP contribution in [0.2, 0.25) is 0 Å². The smallest absolute Gasteiger partial charge is 0.307 e. The average molecular weight is 426 g/mol. The van der Waals surface area contributed by atoms with Crippen LogP contribution in [0.3, 0.4) is 0 Å². The van der Waals surface area contributed by atoms with Gasteiger partial charge < -0.3 is 20.5 Å². The van der Waals surface area contributed by atoms with E-state index in [2.05, 4.69) is 5.32 Å². The van der Waals surface area contributed by atoms with Crippen LogP contribution in [0.15, 0.2) is 48.5 Å². The molecule has 0 fully saturated rings. The Hall–Kier alpha value is -3.68. The van der Waals surface area contributed by atoms with E-state index in [9.17, 15) is 19.2 Å². The second kappa shape index (κ2) is 11.5. The second-order valence-corrected chi connectivity index (χ2v) is 6.86. The predicted octanol–water partition coefficient (Wildman–Crippen LogP) is 3.11. The van der Waals surface area contributed by atoms with Crippen LogP contribution < -0.4 is 15.8 Å². The van der Waals surface area contributed by atoms with Gasteiger partial charge in [-0.1, -0.05) is 6.92 Å². The lowest BCUT2D eigenvalue weighted by molar-refractivity contribution is -0.153. The van der Waals surface area contributed by atoms with Gasteiger partial charge in [0.25, 0.3) is 5.91 Å². The third-order valence-electron chi connectivity index (χ3n) is 4.32. The summed E-state index contributed by atoms with van der Waals surface area (Å²) in [5.74, 6) is -1.28. The predicted molar refractivity (Wildman–Crippen MR) is 115 cm³/mol. The summed E-state index contributed by atoms with van der Waals surface area (Å²) in [6, 6.07) is 12.7. The molecule has 2 aromatic rings. The SMILES string of the molecule is CCCOc1ccc(C(=O)CCC(=O)OC(C)C(=O)Nc2ccc(C(N)=O)cc2)cc1. The van der Waals surface area contributed by atoms with Gasteiger partial charge in [0, 0.05) is 23.2 Å². The summed E-state index contributed by atoms with van der Waals surface area (Å²) in [6.07, 6.45) is -0.330. The maximum Gasteiger partial charge on any atom is 0.307 e. The number of esters is 1. The number of nitrogens with one attached hydrogen (secondary N) is 1. The van der Waals surface area contributed by atoms with Gasteiger partial charge in [-0.2, -0.15) is 0 Å². The van der Waals surface area contributed by atoms with Crippen molar-refractivity contribution in [3.63, 3.8) is 0 Å². The molecule has 8 heteroatoms. The van der Waals surface area contributed by atoms with Gasteiger partial charge in [-0.05, 0) is 61.9 Å². The monoisotopic (exact) mass is 426 g/mol. The van der Waals surface area contributed by atoms with Gasteiger partial charge in [-0.15, -0.1) is 0 Å². The molecule has 0 aliphatic carbocycles. The first kappa shape index (κ1) is 23.6. The standard InChI is InChI=1S/C23H26N2O6/c1-3-14-30-19-10-6-16(7-11-19)20(26)12-13-21(27)31-15(2)23(29)25-18-8-4-17(5-9-18)22(24)28/h4-11,15H,3,12-14H2,1-2H3,(H2,24,28)(H,25,29). The summed E-state index contributed by atoms with van der Waals surface area (Å²) in [6.45, 7) is 4.04. The molecule has 0 radical (unpaired) electrons. The number of carbonyl (C=O) groups excluding carboxylic acids is 4. The molecule has 0 spiro atoms. The number of ketones is 1. The van der Waals surface area contributed by atoms with Crippen LogP contribution in [-0.4, -0.2) is 36.3 Å². The summed E-state index contributed by atoms with van der Waals surface area (Å²) in [4.78, 5) is 47.5. The number of hydrogen-bond acceptors (Lipinski definition) is 6. The van der Waals surface area contributed by atoms with Crippen molar-refractivity contribution < 1.29 is 28.7 Å². The number of hydrogen-bond donors (Lipinski definition) is 2. The summed E-state index contributed by atoms with van der Waals surface area (Å²) in [5, 5.41) is 2.58. The molecule has 8 nitrogen and oxygen atoms in total. The number of anilines is 1. The highest BCUT2D eigenvalue weighted by Crippen LogP contribution is 2.15. The molecule has 2 rings (SSSR count). The highest BCUT2D eigenvalue weighted by atomic mass is 16.5. The van der Waals surface area contributed by atoms with E-state index in [-0.39, 0.29) is 18.6 Å². The molecule has 31 heavy (non-hydrogen) atoms. The lowest BCUT2D eigenvalue weighted by Gasteiger charge is -2.13. The molecule has 0 aliphatic heterocycles. The molecule has 1 atom stereocenters. The summed E-state index contributed by atoms with van der Waals surface area (Å²) in [5.41, 5.74) is 6.38. The van der Waals surface area contributed by atoms with Gasteiger partial charge in [0.05, 0.1) is 13.0 Å². The van der Waals surface area contributed by atoms with E-state index in [1.54, 1.807) is 24.3 Å². The zero-order valence-electron chi connectivity index (χ0n) is 17.6. The minimum atomic E-state index is -1.05. The third kappa shape index (κ3) is 7.58. The van der Waals surface area contributed by atoms with Gasteiger partial charge in [-0.3, -0.25) is 19.2 Å². The molecular weight excluding hydrogens is 400 g/mol. The number of ether oxygens (including phenoxy) is 2. The highest BCUT2D eigenvalue weighted by molar-refractivity contribution is 5.98. The Morgan fingerprint density at radius 2 is 1.55 bits per heavy atom. The van der Waals surface area contributed by atoms with Crippen molar-refractivity contribution in [2.24, 2.45) is 5.73 Å². The maximum absolute atomic E-state index is 12.2. The molecule has 0 saturated heterocycles. The van der Waals surface area contributed by atoms with E-state index in [1.807, 2.05) is 6.92 Å². The number of carbonyl (C=O) groups is 4. The average Bonchev–Trinajstić information content (AvgIpc) is 2.76. The van der Waals surface area contributed by atoms with Crippen molar-refractivity contribution in [2.75, 3.05) is 11.9 Å². The molecule has 0 aliphatic rings. The van der Waals surface area contributed by atoms with Crippen LogP contribution >= 0.6 is 0 Å². The quantitative estimate of drug-likeness (QED) is 0.420. The minimum Gasteiger partial charge on any atom is -0.494 e. The molecule has 2 amide bonds. The van der Waals surface area contributed by atoms with E-state index in [0.717, 1.165) is 6.42 Å². The van der Waals surface area contributed by atoms with Gasteiger partial charge >= 0.3 is 5.97 Å². The van der Waals surface area contributed by atoms with Crippen molar-refractivity contribution in [1.29, 1.82) is 0 Å². The summed E-state index contributed by atoms with van der Waals surface area (Å²) < 4.78 is 10.6. The Morgan fingerprint density at radius 3 is 2.13 bits per heavy atom. The fourth-order valence-electron chi connectivity index (χ4n) is 2.59. The Balaban J connectivity index is 1.78. The van der Waals surface area contributed by atoms with Crippen LogP contribution in [0, 0.1) is 0 Å². The fraction of sp³-hybridized carbons (Fsp3) is 0.304. The third-order valence-corrected chi connectivity index (χ3v) is 4.32. The summed E-state index contributed by atoms with van der Waals surface area (Å²) in [7, 11) is 0. The van der Waals surface area contributed by atoms with Crippen LogP contribution in [0.5, 0.6) is 5.75 Å². The Kier molecular flexibility index (Phi) is 8.75. The molecule has 0 bridgehead atoms. The number of benzene rings is 2. The van der Waals surface area contributed by atoms with Crippen molar-refractivity contribution in [3.05, 3.63) is 59.7 Å². The van der Waals surface area contributed by atoms with E-state index in [1.165, 1.54) is 31.2 Å². The van der Waals surface area contributed by atoms with E-state index in [4.69, 9.17) is 15.2 Å². The first-order valence-corrected chi connectivity index (χ1v) is 9.96. The van der Waals surface area contributed by atoms with Crippen molar-refractivity contribution in [3.8, 4) is 5.75 Å². The van der Waals surface area contributed by atoms with Crippen LogP contribution in [0.4, 0.5) is 5.69 Å². The number of nitrogens with two attached hydrogens (primary N) is 1. The maximum atomic E-state index is 12.2. The van der Waals surface area contributed by atoms with E-state index < -0.39 is 23.9 Å². The minimum absolute atomic E-state index is 0.0308. The highest BCUT2D eigenvalue weighted by Gasteiger charge is 2.19. The number of Topliss-reactive ketones (excluding diaryl/α,β-unsaturated/α-hetero) is 1. The number of primary amides is 1. The molecule has 2 aromatic carbocycles. The van der Waals surface area contributed by atoms with Crippen molar-refractivity contribution in [2.45, 2.75) is 39.2 Å². The van der Waals surface area contributed by atoms with Gasteiger partial charge in [0.2, 0.25) is 5.91 Å². The van der Waals surface area contributed by atoms with Gasteiger partial charge in [0.1, 0.15) is 5.75 Å². The first-order valence-electron chi connectivity index (χ1n) is 9.96. The molecule has 164 valence electrons. The molecule has 0 heterocycles. The van der Waals surface area contributed by atoms with Gasteiger partial charge in [-0.25, -0.2) is 0 Å². The van der Waals surface area contributed by atoms with Crippen LogP contribution in [0.1, 0.15) is 53.8 Å². The molecule has 0 saturated carbocycles. The topological polar surface area (TPSA) is 125 Å². The van der Waals surface area contributed by atoms with Crippen LogP contribution in [-0.2, 0) is 14.3 Å². The number of rotatable bonds is 11. The Bertz CT molecular complexity index is 922. The van der Waals surface area contributed by atoms with Gasteiger partial charge in [0.15, 0.2) is 11.9 Å². The van der Waals surface area contributed by atoms with E-state index in [0.29, 0.717) is 29.2 Å². The van der Waals surface area contributed by atoms with Crippen LogP contribution in [0.25, 0.3) is 0 Å². The molecular formula is C23H26N2O6. The Morgan fingerprint density at radius 1 is 0.935 bits per heavy atom. The first-order chi connectivity index (χ1) is 14.8. The van der Waals surface area contributed by atoms with Crippen molar-refractivity contribution >= 4 is 29.3 Å².